The minimum absolute atomic E-state index is 0.0568. The third kappa shape index (κ3) is 4.27. The number of hydrazone groups is 1. The second kappa shape index (κ2) is 9.23. The molecule has 3 aromatic carbocycles. The van der Waals surface area contributed by atoms with E-state index in [1.54, 1.807) is 13.2 Å². The molecular formula is C26H22Br2N2O3. The zero-order chi connectivity index (χ0) is 22.9. The van der Waals surface area contributed by atoms with E-state index in [4.69, 9.17) is 19.3 Å². The second-order valence-electron chi connectivity index (χ2n) is 7.82. The fourth-order valence-corrected chi connectivity index (χ4v) is 5.53. The first-order chi connectivity index (χ1) is 16.1. The Bertz CT molecular complexity index is 1210. The van der Waals surface area contributed by atoms with E-state index >= 15 is 0 Å². The molecule has 2 aliphatic heterocycles. The Morgan fingerprint density at radius 1 is 1.09 bits per heavy atom. The highest BCUT2D eigenvalue weighted by atomic mass is 79.9. The third-order valence-electron chi connectivity index (χ3n) is 5.76. The average molecular weight is 570 g/mol. The van der Waals surface area contributed by atoms with Gasteiger partial charge in [0.2, 0.25) is 6.23 Å². The van der Waals surface area contributed by atoms with Crippen LogP contribution in [-0.2, 0) is 0 Å². The lowest BCUT2D eigenvalue weighted by Gasteiger charge is -2.38. The fourth-order valence-electron chi connectivity index (χ4n) is 4.18. The Labute approximate surface area is 209 Å². The van der Waals surface area contributed by atoms with Crippen molar-refractivity contribution in [2.24, 2.45) is 5.10 Å². The molecule has 168 valence electrons. The van der Waals surface area contributed by atoms with Crippen LogP contribution in [0.2, 0.25) is 0 Å². The van der Waals surface area contributed by atoms with Gasteiger partial charge in [0.15, 0.2) is 0 Å². The van der Waals surface area contributed by atoms with Crippen molar-refractivity contribution in [1.82, 2.24) is 5.01 Å². The molecule has 7 heteroatoms. The molecule has 5 nitrogen and oxygen atoms in total. The van der Waals surface area contributed by atoms with Crippen molar-refractivity contribution in [2.45, 2.75) is 18.7 Å². The molecule has 2 aliphatic rings. The summed E-state index contributed by atoms with van der Waals surface area (Å²) in [5.41, 5.74) is 4.20. The first kappa shape index (κ1) is 22.0. The van der Waals surface area contributed by atoms with E-state index < -0.39 is 0 Å². The standard InChI is InChI=1S/C26H22Br2N2O3/c1-3-12-32-20-10-6-17(7-11-20)26-30-24(21-13-18(27)14-22(28)25(21)33-26)15-23(29-30)16-4-8-19(31-2)9-5-16/h3-11,13-14,24,26H,1,12,15H2,2H3/t24-,26+/m0/s1. The van der Waals surface area contributed by atoms with E-state index in [9.17, 15) is 0 Å². The Morgan fingerprint density at radius 2 is 1.82 bits per heavy atom. The number of ether oxygens (including phenoxy) is 3. The highest BCUT2D eigenvalue weighted by Crippen LogP contribution is 2.51. The summed E-state index contributed by atoms with van der Waals surface area (Å²) < 4.78 is 19.4. The number of hydrogen-bond donors (Lipinski definition) is 0. The summed E-state index contributed by atoms with van der Waals surface area (Å²) in [4.78, 5) is 0. The van der Waals surface area contributed by atoms with Gasteiger partial charge in [0.05, 0.1) is 23.3 Å². The molecule has 0 bridgehead atoms. The van der Waals surface area contributed by atoms with Crippen molar-refractivity contribution >= 4 is 37.6 Å². The predicted molar refractivity (Wildman–Crippen MR) is 136 cm³/mol. The van der Waals surface area contributed by atoms with Crippen LogP contribution in [0, 0.1) is 0 Å². The zero-order valence-electron chi connectivity index (χ0n) is 18.0. The van der Waals surface area contributed by atoms with Crippen LogP contribution in [0.4, 0.5) is 0 Å². The monoisotopic (exact) mass is 568 g/mol. The molecule has 3 aromatic rings. The maximum atomic E-state index is 6.53. The SMILES string of the molecule is C=CCOc1ccc([C@H]2Oc3c(Br)cc(Br)cc3[C@@H]3CC(c4ccc(OC)cc4)=NN23)cc1. The van der Waals surface area contributed by atoms with Crippen LogP contribution in [0.15, 0.2) is 87.4 Å². The summed E-state index contributed by atoms with van der Waals surface area (Å²) in [6.07, 6.45) is 2.15. The summed E-state index contributed by atoms with van der Waals surface area (Å²) in [5, 5.41) is 7.10. The maximum absolute atomic E-state index is 6.53. The molecule has 0 unspecified atom stereocenters. The van der Waals surface area contributed by atoms with Crippen LogP contribution < -0.4 is 14.2 Å². The van der Waals surface area contributed by atoms with Crippen LogP contribution in [0.5, 0.6) is 17.2 Å². The van der Waals surface area contributed by atoms with Crippen LogP contribution in [0.1, 0.15) is 35.4 Å². The van der Waals surface area contributed by atoms with E-state index in [1.165, 1.54) is 0 Å². The smallest absolute Gasteiger partial charge is 0.213 e. The maximum Gasteiger partial charge on any atom is 0.213 e. The van der Waals surface area contributed by atoms with Gasteiger partial charge in [-0.25, -0.2) is 5.01 Å². The molecule has 0 spiro atoms. The van der Waals surface area contributed by atoms with Crippen LogP contribution in [-0.4, -0.2) is 24.4 Å². The third-order valence-corrected chi connectivity index (χ3v) is 6.81. The lowest BCUT2D eigenvalue weighted by atomic mass is 9.96. The number of halogens is 2. The minimum atomic E-state index is -0.357. The van der Waals surface area contributed by atoms with Crippen molar-refractivity contribution in [2.75, 3.05) is 13.7 Å². The minimum Gasteiger partial charge on any atom is -0.497 e. The Kier molecular flexibility index (Phi) is 6.17. The van der Waals surface area contributed by atoms with Gasteiger partial charge in [-0.15, -0.1) is 0 Å². The molecule has 0 aliphatic carbocycles. The van der Waals surface area contributed by atoms with Crippen molar-refractivity contribution < 1.29 is 14.2 Å². The molecule has 2 atom stereocenters. The van der Waals surface area contributed by atoms with E-state index in [2.05, 4.69) is 61.6 Å². The summed E-state index contributed by atoms with van der Waals surface area (Å²) in [6, 6.07) is 20.2. The molecule has 0 fully saturated rings. The van der Waals surface area contributed by atoms with E-state index in [0.717, 1.165) is 55.0 Å². The molecule has 0 N–H and O–H groups in total. The topological polar surface area (TPSA) is 43.3 Å². The number of rotatable bonds is 6. The number of hydrogen-bond acceptors (Lipinski definition) is 5. The summed E-state index contributed by atoms with van der Waals surface area (Å²) in [6.45, 7) is 4.17. The normalized spacial score (nSPS) is 18.6. The van der Waals surface area contributed by atoms with Gasteiger partial charge in [0.1, 0.15) is 23.9 Å². The second-order valence-corrected chi connectivity index (χ2v) is 9.59. The number of fused-ring (bicyclic) bond motifs is 3. The van der Waals surface area contributed by atoms with Gasteiger partial charge in [-0.05, 0) is 82.2 Å². The molecule has 0 aromatic heterocycles. The quantitative estimate of drug-likeness (QED) is 0.299. The van der Waals surface area contributed by atoms with Crippen molar-refractivity contribution in [3.8, 4) is 17.2 Å². The van der Waals surface area contributed by atoms with Gasteiger partial charge in [-0.2, -0.15) is 5.10 Å². The van der Waals surface area contributed by atoms with Gasteiger partial charge in [-0.3, -0.25) is 0 Å². The Hall–Kier alpha value is -2.77. The van der Waals surface area contributed by atoms with Crippen molar-refractivity contribution in [3.63, 3.8) is 0 Å². The van der Waals surface area contributed by atoms with Crippen LogP contribution in [0.25, 0.3) is 0 Å². The van der Waals surface area contributed by atoms with E-state index in [1.807, 2.05) is 42.5 Å². The lowest BCUT2D eigenvalue weighted by molar-refractivity contribution is -0.0197. The molecule has 2 heterocycles. The summed E-state index contributed by atoms with van der Waals surface area (Å²) in [7, 11) is 1.67. The predicted octanol–water partition coefficient (Wildman–Crippen LogP) is 7.03. The van der Waals surface area contributed by atoms with Gasteiger partial charge >= 0.3 is 0 Å². The average Bonchev–Trinajstić information content (AvgIpc) is 3.29. The van der Waals surface area contributed by atoms with Gasteiger partial charge in [0.25, 0.3) is 0 Å². The molecule has 33 heavy (non-hydrogen) atoms. The fraction of sp³-hybridized carbons (Fsp3) is 0.192. The highest BCUT2D eigenvalue weighted by molar-refractivity contribution is 9.11. The van der Waals surface area contributed by atoms with Crippen molar-refractivity contribution in [3.05, 3.63) is 99.0 Å². The van der Waals surface area contributed by atoms with Gasteiger partial charge in [0, 0.05) is 22.0 Å². The van der Waals surface area contributed by atoms with E-state index in [0.29, 0.717) is 6.61 Å². The Balaban J connectivity index is 1.54. The molecule has 0 saturated carbocycles. The largest absolute Gasteiger partial charge is 0.497 e. The number of benzene rings is 3. The first-order valence-electron chi connectivity index (χ1n) is 10.6. The van der Waals surface area contributed by atoms with E-state index in [-0.39, 0.29) is 12.3 Å². The molecule has 0 amide bonds. The highest BCUT2D eigenvalue weighted by Gasteiger charge is 2.42. The van der Waals surface area contributed by atoms with Crippen LogP contribution in [0.3, 0.4) is 0 Å². The number of methoxy groups -OCH3 is 1. The molecule has 0 radical (unpaired) electrons. The zero-order valence-corrected chi connectivity index (χ0v) is 21.2. The molecular weight excluding hydrogens is 548 g/mol. The van der Waals surface area contributed by atoms with Gasteiger partial charge < -0.3 is 14.2 Å². The van der Waals surface area contributed by atoms with Gasteiger partial charge in [-0.1, -0.05) is 28.6 Å². The van der Waals surface area contributed by atoms with Crippen molar-refractivity contribution in [1.29, 1.82) is 0 Å². The summed E-state index contributed by atoms with van der Waals surface area (Å²) in [5.74, 6) is 2.47. The first-order valence-corrected chi connectivity index (χ1v) is 12.2. The summed E-state index contributed by atoms with van der Waals surface area (Å²) >= 11 is 7.32. The molecule has 0 saturated heterocycles. The van der Waals surface area contributed by atoms with Crippen LogP contribution >= 0.6 is 31.9 Å². The number of nitrogens with zero attached hydrogens (tertiary/aromatic N) is 2. The Morgan fingerprint density at radius 3 is 2.52 bits per heavy atom. The lowest BCUT2D eigenvalue weighted by Crippen LogP contribution is -2.33. The molecule has 5 rings (SSSR count).